The summed E-state index contributed by atoms with van der Waals surface area (Å²) in [6, 6.07) is 13.5. The lowest BCUT2D eigenvalue weighted by Gasteiger charge is -2.15. The fraction of sp³-hybridized carbons (Fsp3) is 0.423. The van der Waals surface area contributed by atoms with Crippen molar-refractivity contribution in [2.24, 2.45) is 0 Å². The second-order valence-corrected chi connectivity index (χ2v) is 8.75. The lowest BCUT2D eigenvalue weighted by Crippen LogP contribution is -2.27. The Bertz CT molecular complexity index is 1150. The van der Waals surface area contributed by atoms with Gasteiger partial charge in [0.2, 0.25) is 0 Å². The number of likely N-dealkylation sites (tertiary alicyclic amines) is 1. The minimum absolute atomic E-state index is 0.0576. The van der Waals surface area contributed by atoms with Crippen LogP contribution in [0.25, 0.3) is 11.0 Å². The number of fused-ring (bicyclic) bond motifs is 1. The molecule has 4 rings (SSSR count). The highest BCUT2D eigenvalue weighted by Crippen LogP contribution is 2.25. The molecule has 1 aliphatic heterocycles. The third-order valence-corrected chi connectivity index (χ3v) is 5.93. The largest absolute Gasteiger partial charge is 0.465 e. The van der Waals surface area contributed by atoms with Crippen LogP contribution in [-0.2, 0) is 11.3 Å². The van der Waals surface area contributed by atoms with Crippen LogP contribution in [0.5, 0.6) is 6.01 Å². The molecule has 34 heavy (non-hydrogen) atoms. The third-order valence-electron chi connectivity index (χ3n) is 5.93. The number of hydrogen-bond acceptors (Lipinski definition) is 6. The number of likely N-dealkylation sites (N-methyl/N-ethyl adjacent to an activating group) is 1. The standard InChI is InChI=1S/C26H32N4O4/c1-4-33-26-27-22-12-11-21(24(31)29-13-5-6-14-29)17-23(22)30(26)18-19-7-9-20(10-8-19)25(32)34-16-15-28(2)3/h7-12,17H,4-6,13-16,18H2,1-3H3. The van der Waals surface area contributed by atoms with Gasteiger partial charge in [0, 0.05) is 25.2 Å². The molecule has 0 spiro atoms. The van der Waals surface area contributed by atoms with E-state index in [1.807, 2.05) is 65.7 Å². The molecule has 0 atom stereocenters. The number of aromatic nitrogens is 2. The zero-order chi connectivity index (χ0) is 24.1. The van der Waals surface area contributed by atoms with Crippen molar-refractivity contribution in [2.45, 2.75) is 26.3 Å². The van der Waals surface area contributed by atoms with Crippen molar-refractivity contribution in [1.29, 1.82) is 0 Å². The summed E-state index contributed by atoms with van der Waals surface area (Å²) < 4.78 is 13.1. The van der Waals surface area contributed by atoms with Gasteiger partial charge in [0.1, 0.15) is 6.61 Å². The number of hydrogen-bond donors (Lipinski definition) is 0. The maximum Gasteiger partial charge on any atom is 0.338 e. The molecule has 0 bridgehead atoms. The first-order valence-electron chi connectivity index (χ1n) is 11.8. The molecule has 3 aromatic rings. The Kier molecular flexibility index (Phi) is 7.47. The summed E-state index contributed by atoms with van der Waals surface area (Å²) in [5.74, 6) is -0.274. The second-order valence-electron chi connectivity index (χ2n) is 8.75. The third kappa shape index (κ3) is 5.39. The molecule has 1 fully saturated rings. The molecule has 2 aromatic carbocycles. The molecule has 8 heteroatoms. The van der Waals surface area contributed by atoms with Crippen LogP contribution >= 0.6 is 0 Å². The second kappa shape index (κ2) is 10.7. The molecule has 2 heterocycles. The lowest BCUT2D eigenvalue weighted by molar-refractivity contribution is 0.0481. The van der Waals surface area contributed by atoms with Gasteiger partial charge in [0.25, 0.3) is 11.9 Å². The van der Waals surface area contributed by atoms with Gasteiger partial charge >= 0.3 is 5.97 Å². The molecule has 1 amide bonds. The van der Waals surface area contributed by atoms with Crippen molar-refractivity contribution in [3.05, 3.63) is 59.2 Å². The van der Waals surface area contributed by atoms with Gasteiger partial charge in [-0.15, -0.1) is 0 Å². The van der Waals surface area contributed by atoms with Crippen LogP contribution < -0.4 is 4.74 Å². The summed E-state index contributed by atoms with van der Waals surface area (Å²) in [5, 5.41) is 0. The van der Waals surface area contributed by atoms with Gasteiger partial charge in [0.15, 0.2) is 0 Å². The summed E-state index contributed by atoms with van der Waals surface area (Å²) in [6.45, 7) is 5.56. The number of carbonyl (C=O) groups is 2. The average Bonchev–Trinajstić information content (AvgIpc) is 3.48. The summed E-state index contributed by atoms with van der Waals surface area (Å²) in [7, 11) is 3.87. The smallest absolute Gasteiger partial charge is 0.338 e. The highest BCUT2D eigenvalue weighted by Gasteiger charge is 2.21. The SMILES string of the molecule is CCOc1nc2ccc(C(=O)N3CCCC3)cc2n1Cc1ccc(C(=O)OCCN(C)C)cc1. The van der Waals surface area contributed by atoms with Gasteiger partial charge < -0.3 is 19.3 Å². The van der Waals surface area contributed by atoms with Crippen molar-refractivity contribution < 1.29 is 19.1 Å². The Balaban J connectivity index is 1.56. The fourth-order valence-corrected chi connectivity index (χ4v) is 4.06. The van der Waals surface area contributed by atoms with Crippen LogP contribution in [0.2, 0.25) is 0 Å². The molecule has 180 valence electrons. The van der Waals surface area contributed by atoms with Gasteiger partial charge in [-0.3, -0.25) is 9.36 Å². The number of rotatable bonds is 9. The molecule has 1 aliphatic rings. The van der Waals surface area contributed by atoms with Crippen molar-refractivity contribution in [1.82, 2.24) is 19.4 Å². The molecule has 0 radical (unpaired) electrons. The normalized spacial score (nSPS) is 13.6. The fourth-order valence-electron chi connectivity index (χ4n) is 4.06. The zero-order valence-electron chi connectivity index (χ0n) is 20.1. The van der Waals surface area contributed by atoms with Crippen LogP contribution in [-0.4, -0.2) is 78.2 Å². The van der Waals surface area contributed by atoms with E-state index in [1.165, 1.54) is 0 Å². The van der Waals surface area contributed by atoms with E-state index >= 15 is 0 Å². The molecular formula is C26H32N4O4. The average molecular weight is 465 g/mol. The van der Waals surface area contributed by atoms with Crippen molar-refractivity contribution >= 4 is 22.9 Å². The predicted molar refractivity (Wildman–Crippen MR) is 130 cm³/mol. The number of imidazole rings is 1. The predicted octanol–water partition coefficient (Wildman–Crippen LogP) is 3.44. The van der Waals surface area contributed by atoms with Crippen molar-refractivity contribution in [3.63, 3.8) is 0 Å². The van der Waals surface area contributed by atoms with E-state index < -0.39 is 0 Å². The molecule has 0 aliphatic carbocycles. The van der Waals surface area contributed by atoms with Crippen LogP contribution in [0.4, 0.5) is 0 Å². The first kappa shape index (κ1) is 23.8. The van der Waals surface area contributed by atoms with Gasteiger partial charge in [0.05, 0.1) is 29.7 Å². The number of ether oxygens (including phenoxy) is 2. The Morgan fingerprint density at radius 2 is 1.74 bits per heavy atom. The molecule has 8 nitrogen and oxygen atoms in total. The van der Waals surface area contributed by atoms with Crippen LogP contribution in [0.15, 0.2) is 42.5 Å². The van der Waals surface area contributed by atoms with Crippen LogP contribution in [0.1, 0.15) is 46.0 Å². The van der Waals surface area contributed by atoms with Crippen molar-refractivity contribution in [2.75, 3.05) is 46.9 Å². The van der Waals surface area contributed by atoms with E-state index in [0.717, 1.165) is 42.5 Å². The van der Waals surface area contributed by atoms with E-state index in [0.29, 0.717) is 43.4 Å². The summed E-state index contributed by atoms with van der Waals surface area (Å²) >= 11 is 0. The number of amides is 1. The van der Waals surface area contributed by atoms with Gasteiger partial charge in [-0.1, -0.05) is 12.1 Å². The maximum atomic E-state index is 12.9. The number of nitrogens with zero attached hydrogens (tertiary/aromatic N) is 4. The molecule has 0 saturated carbocycles. The van der Waals surface area contributed by atoms with Gasteiger partial charge in [-0.05, 0) is 69.8 Å². The highest BCUT2D eigenvalue weighted by molar-refractivity contribution is 5.97. The minimum atomic E-state index is -0.332. The highest BCUT2D eigenvalue weighted by atomic mass is 16.5. The van der Waals surface area contributed by atoms with Gasteiger partial charge in [-0.2, -0.15) is 4.98 Å². The number of esters is 1. The van der Waals surface area contributed by atoms with Gasteiger partial charge in [-0.25, -0.2) is 4.79 Å². The van der Waals surface area contributed by atoms with Crippen molar-refractivity contribution in [3.8, 4) is 6.01 Å². The molecule has 1 aromatic heterocycles. The monoisotopic (exact) mass is 464 g/mol. The van der Waals surface area contributed by atoms with E-state index in [2.05, 4.69) is 4.98 Å². The molecule has 0 unspecified atom stereocenters. The quantitative estimate of drug-likeness (QED) is 0.452. The Morgan fingerprint density at radius 1 is 1.03 bits per heavy atom. The minimum Gasteiger partial charge on any atom is -0.465 e. The molecule has 1 saturated heterocycles. The summed E-state index contributed by atoms with van der Waals surface area (Å²) in [5.41, 5.74) is 3.79. The lowest BCUT2D eigenvalue weighted by atomic mass is 10.1. The van der Waals surface area contributed by atoms with E-state index in [1.54, 1.807) is 12.1 Å². The summed E-state index contributed by atoms with van der Waals surface area (Å²) in [6.07, 6.45) is 2.11. The first-order valence-corrected chi connectivity index (χ1v) is 11.8. The first-order chi connectivity index (χ1) is 16.5. The Labute approximate surface area is 200 Å². The van der Waals surface area contributed by atoms with E-state index in [9.17, 15) is 9.59 Å². The van der Waals surface area contributed by atoms with Crippen LogP contribution in [0.3, 0.4) is 0 Å². The molecule has 0 N–H and O–H groups in total. The number of benzene rings is 2. The topological polar surface area (TPSA) is 76.9 Å². The summed E-state index contributed by atoms with van der Waals surface area (Å²) in [4.78, 5) is 33.7. The van der Waals surface area contributed by atoms with Crippen LogP contribution in [0, 0.1) is 0 Å². The maximum absolute atomic E-state index is 12.9. The van der Waals surface area contributed by atoms with E-state index in [4.69, 9.17) is 9.47 Å². The molecular weight excluding hydrogens is 432 g/mol. The zero-order valence-corrected chi connectivity index (χ0v) is 20.1. The Hall–Kier alpha value is -3.39. The van der Waals surface area contributed by atoms with E-state index in [-0.39, 0.29) is 11.9 Å². The Morgan fingerprint density at radius 3 is 2.41 bits per heavy atom. The number of carbonyl (C=O) groups excluding carboxylic acids is 2.